The highest BCUT2D eigenvalue weighted by atomic mass is 32.1. The molecule has 0 unspecified atom stereocenters. The van der Waals surface area contributed by atoms with Crippen LogP contribution in [0.1, 0.15) is 24.4 Å². The maximum absolute atomic E-state index is 10.9. The molecular formula is C18H18N2O3S. The monoisotopic (exact) mass is 342 g/mol. The fraction of sp³-hybridized carbons (Fsp3) is 0.222. The molecular weight excluding hydrogens is 324 g/mol. The largest absolute Gasteiger partial charge is 0.491 e. The second kappa shape index (κ2) is 6.49. The van der Waals surface area contributed by atoms with Crippen molar-refractivity contribution in [2.75, 3.05) is 0 Å². The van der Waals surface area contributed by atoms with Crippen LogP contribution in [0.25, 0.3) is 22.3 Å². The van der Waals surface area contributed by atoms with Crippen LogP contribution in [-0.2, 0) is 4.79 Å². The van der Waals surface area contributed by atoms with E-state index in [4.69, 9.17) is 9.84 Å². The normalized spacial score (nSPS) is 11.7. The SMILES string of the molecule is Cc1cn2c(/C=C/C(=O)O)c(-c3ccc(OC(C)C)cc3)nc2s1. The van der Waals surface area contributed by atoms with Crippen molar-refractivity contribution in [3.05, 3.63) is 47.1 Å². The molecule has 1 N–H and O–H groups in total. The van der Waals surface area contributed by atoms with Gasteiger partial charge in [0.25, 0.3) is 0 Å². The highest BCUT2D eigenvalue weighted by molar-refractivity contribution is 7.17. The van der Waals surface area contributed by atoms with Gasteiger partial charge in [0, 0.05) is 22.7 Å². The fourth-order valence-corrected chi connectivity index (χ4v) is 3.29. The van der Waals surface area contributed by atoms with Crippen LogP contribution in [0.5, 0.6) is 5.75 Å². The van der Waals surface area contributed by atoms with Crippen molar-refractivity contribution in [1.82, 2.24) is 9.38 Å². The van der Waals surface area contributed by atoms with Crippen LogP contribution in [-0.4, -0.2) is 26.6 Å². The van der Waals surface area contributed by atoms with E-state index in [1.54, 1.807) is 17.4 Å². The van der Waals surface area contributed by atoms with Gasteiger partial charge < -0.3 is 9.84 Å². The van der Waals surface area contributed by atoms with Crippen molar-refractivity contribution in [1.29, 1.82) is 0 Å². The van der Waals surface area contributed by atoms with Crippen molar-refractivity contribution in [3.63, 3.8) is 0 Å². The van der Waals surface area contributed by atoms with E-state index in [0.717, 1.165) is 38.6 Å². The van der Waals surface area contributed by atoms with Gasteiger partial charge in [0.2, 0.25) is 0 Å². The van der Waals surface area contributed by atoms with Gasteiger partial charge in [-0.15, -0.1) is 11.3 Å². The molecule has 2 aromatic heterocycles. The van der Waals surface area contributed by atoms with E-state index in [1.165, 1.54) is 0 Å². The van der Waals surface area contributed by atoms with Gasteiger partial charge in [0.1, 0.15) is 5.75 Å². The number of hydrogen-bond acceptors (Lipinski definition) is 4. The maximum Gasteiger partial charge on any atom is 0.328 e. The summed E-state index contributed by atoms with van der Waals surface area (Å²) in [5, 5.41) is 8.94. The Bertz CT molecular complexity index is 904. The lowest BCUT2D eigenvalue weighted by Gasteiger charge is -2.09. The van der Waals surface area contributed by atoms with E-state index in [1.807, 2.05) is 55.6 Å². The lowest BCUT2D eigenvalue weighted by atomic mass is 10.1. The molecule has 0 atom stereocenters. The predicted octanol–water partition coefficient (Wildman–Crippen LogP) is 4.26. The Labute approximate surface area is 143 Å². The zero-order valence-corrected chi connectivity index (χ0v) is 14.5. The van der Waals surface area contributed by atoms with E-state index in [2.05, 4.69) is 4.98 Å². The summed E-state index contributed by atoms with van der Waals surface area (Å²) in [5.74, 6) is -0.184. The lowest BCUT2D eigenvalue weighted by Crippen LogP contribution is -2.05. The van der Waals surface area contributed by atoms with E-state index in [9.17, 15) is 4.79 Å². The molecule has 0 bridgehead atoms. The molecule has 124 valence electrons. The van der Waals surface area contributed by atoms with Crippen LogP contribution < -0.4 is 4.74 Å². The number of rotatable bonds is 5. The van der Waals surface area contributed by atoms with Crippen molar-refractivity contribution in [2.24, 2.45) is 0 Å². The number of thiazole rings is 1. The first-order valence-corrected chi connectivity index (χ1v) is 8.42. The van der Waals surface area contributed by atoms with Crippen molar-refractivity contribution in [3.8, 4) is 17.0 Å². The van der Waals surface area contributed by atoms with Crippen LogP contribution >= 0.6 is 11.3 Å². The van der Waals surface area contributed by atoms with Crippen molar-refractivity contribution >= 4 is 28.3 Å². The molecule has 0 saturated carbocycles. The second-order valence-electron chi connectivity index (χ2n) is 5.70. The summed E-state index contributed by atoms with van der Waals surface area (Å²) in [7, 11) is 0. The molecule has 2 heterocycles. The molecule has 0 spiro atoms. The molecule has 0 saturated heterocycles. The first-order chi connectivity index (χ1) is 11.4. The Kier molecular flexibility index (Phi) is 4.40. The number of hydrogen-bond donors (Lipinski definition) is 1. The number of aliphatic carboxylic acids is 1. The van der Waals surface area contributed by atoms with Crippen LogP contribution in [0.3, 0.4) is 0 Å². The highest BCUT2D eigenvalue weighted by Gasteiger charge is 2.14. The summed E-state index contributed by atoms with van der Waals surface area (Å²) in [6.45, 7) is 5.96. The number of carboxylic acid groups (broad SMARTS) is 1. The zero-order valence-electron chi connectivity index (χ0n) is 13.7. The van der Waals surface area contributed by atoms with E-state index < -0.39 is 5.97 Å². The standard InChI is InChI=1S/C18H18N2O3S/c1-11(2)23-14-6-4-13(5-7-14)17-15(8-9-16(21)22)20-10-12(3)24-18(20)19-17/h4-11H,1-3H3,(H,21,22)/b9-8+. The van der Waals surface area contributed by atoms with Gasteiger partial charge >= 0.3 is 5.97 Å². The molecule has 0 amide bonds. The van der Waals surface area contributed by atoms with E-state index >= 15 is 0 Å². The van der Waals surface area contributed by atoms with Gasteiger partial charge in [-0.05, 0) is 51.1 Å². The summed E-state index contributed by atoms with van der Waals surface area (Å²) in [6.07, 6.45) is 4.80. The quantitative estimate of drug-likeness (QED) is 0.704. The Morgan fingerprint density at radius 2 is 2.04 bits per heavy atom. The first kappa shape index (κ1) is 16.3. The van der Waals surface area contributed by atoms with E-state index in [0.29, 0.717) is 0 Å². The number of carboxylic acids is 1. The van der Waals surface area contributed by atoms with Crippen LogP contribution in [0, 0.1) is 6.92 Å². The zero-order chi connectivity index (χ0) is 17.3. The van der Waals surface area contributed by atoms with Crippen LogP contribution in [0.4, 0.5) is 0 Å². The van der Waals surface area contributed by atoms with Crippen LogP contribution in [0.15, 0.2) is 36.5 Å². The van der Waals surface area contributed by atoms with Gasteiger partial charge in [0.15, 0.2) is 4.96 Å². The number of nitrogens with zero attached hydrogens (tertiary/aromatic N) is 2. The molecule has 0 radical (unpaired) electrons. The number of imidazole rings is 1. The molecule has 6 heteroatoms. The number of aromatic nitrogens is 2. The Hall–Kier alpha value is -2.60. The minimum atomic E-state index is -0.983. The maximum atomic E-state index is 10.9. The minimum absolute atomic E-state index is 0.117. The van der Waals surface area contributed by atoms with E-state index in [-0.39, 0.29) is 6.10 Å². The molecule has 24 heavy (non-hydrogen) atoms. The van der Waals surface area contributed by atoms with Gasteiger partial charge in [-0.1, -0.05) is 0 Å². The van der Waals surface area contributed by atoms with Gasteiger partial charge in [-0.3, -0.25) is 4.40 Å². The first-order valence-electron chi connectivity index (χ1n) is 7.60. The minimum Gasteiger partial charge on any atom is -0.491 e. The third-order valence-electron chi connectivity index (χ3n) is 3.36. The molecule has 3 aromatic rings. The third kappa shape index (κ3) is 3.33. The summed E-state index contributed by atoms with van der Waals surface area (Å²) < 4.78 is 7.58. The smallest absolute Gasteiger partial charge is 0.328 e. The molecule has 0 aliphatic rings. The average molecular weight is 342 g/mol. The second-order valence-corrected chi connectivity index (χ2v) is 6.92. The van der Waals surface area contributed by atoms with Gasteiger partial charge in [-0.25, -0.2) is 9.78 Å². The summed E-state index contributed by atoms with van der Waals surface area (Å²) in [4.78, 5) is 17.5. The van der Waals surface area contributed by atoms with Gasteiger partial charge in [0.05, 0.1) is 17.5 Å². The van der Waals surface area contributed by atoms with Crippen molar-refractivity contribution < 1.29 is 14.6 Å². The molecule has 3 rings (SSSR count). The number of ether oxygens (including phenoxy) is 1. The Balaban J connectivity index is 2.06. The topological polar surface area (TPSA) is 63.8 Å². The molecule has 1 aromatic carbocycles. The number of fused-ring (bicyclic) bond motifs is 1. The van der Waals surface area contributed by atoms with Crippen molar-refractivity contribution in [2.45, 2.75) is 26.9 Å². The fourth-order valence-electron chi connectivity index (χ4n) is 2.46. The number of aryl methyl sites for hydroxylation is 1. The lowest BCUT2D eigenvalue weighted by molar-refractivity contribution is -0.131. The summed E-state index contributed by atoms with van der Waals surface area (Å²) >= 11 is 1.57. The summed E-state index contributed by atoms with van der Waals surface area (Å²) in [6, 6.07) is 7.68. The van der Waals surface area contributed by atoms with Crippen LogP contribution in [0.2, 0.25) is 0 Å². The number of carbonyl (C=O) groups is 1. The molecule has 0 aliphatic carbocycles. The Morgan fingerprint density at radius 1 is 1.33 bits per heavy atom. The summed E-state index contributed by atoms with van der Waals surface area (Å²) in [5.41, 5.74) is 2.44. The molecule has 0 fully saturated rings. The third-order valence-corrected chi connectivity index (χ3v) is 4.26. The van der Waals surface area contributed by atoms with Gasteiger partial charge in [-0.2, -0.15) is 0 Å². The Morgan fingerprint density at radius 3 is 2.67 bits per heavy atom. The number of benzene rings is 1. The molecule has 0 aliphatic heterocycles. The molecule has 5 nitrogen and oxygen atoms in total. The predicted molar refractivity (Wildman–Crippen MR) is 95.7 cm³/mol. The highest BCUT2D eigenvalue weighted by Crippen LogP contribution is 2.30. The average Bonchev–Trinajstić information content (AvgIpc) is 3.01.